The molecule has 320 valence electrons. The highest BCUT2D eigenvalue weighted by Crippen LogP contribution is 2.49. The first-order valence-electron chi connectivity index (χ1n) is 19.9. The van der Waals surface area contributed by atoms with Gasteiger partial charge >= 0.3 is 7.60 Å². The molecule has 8 aromatic rings. The molecule has 10 nitrogen and oxygen atoms in total. The number of ether oxygens (including phenoxy) is 4. The van der Waals surface area contributed by atoms with Crippen LogP contribution in [0.2, 0.25) is 0 Å². The Hall–Kier alpha value is -7.10. The average Bonchev–Trinajstić information content (AvgIpc) is 4.00. The summed E-state index contributed by atoms with van der Waals surface area (Å²) in [6.45, 7) is 0. The van der Waals surface area contributed by atoms with Crippen LogP contribution in [-0.2, 0) is 4.57 Å². The summed E-state index contributed by atoms with van der Waals surface area (Å²) in [7, 11) is 1.88. The Morgan fingerprint density at radius 1 is 0.516 bits per heavy atom. The van der Waals surface area contributed by atoms with Crippen LogP contribution in [0.5, 0.6) is 23.0 Å². The monoisotopic (exact) mass is 903 g/mol. The van der Waals surface area contributed by atoms with Gasteiger partial charge in [0.2, 0.25) is 0 Å². The second-order valence-electron chi connectivity index (χ2n) is 14.3. The fraction of sp³-hybridized carbons (Fsp3) is 0.0784. The summed E-state index contributed by atoms with van der Waals surface area (Å²) in [5.41, 5.74) is 8.74. The van der Waals surface area contributed by atoms with Gasteiger partial charge in [0.1, 0.15) is 34.4 Å². The second-order valence-corrected chi connectivity index (χ2v) is 18.0. The number of nitriles is 1. The lowest BCUT2D eigenvalue weighted by Gasteiger charge is -2.26. The predicted octanol–water partition coefficient (Wildman–Crippen LogP) is 13.8. The smallest absolute Gasteiger partial charge is 0.366 e. The maximum atomic E-state index is 11.9. The van der Waals surface area contributed by atoms with Crippen molar-refractivity contribution in [2.45, 2.75) is 0 Å². The van der Waals surface area contributed by atoms with Crippen molar-refractivity contribution in [2.75, 3.05) is 38.2 Å². The van der Waals surface area contributed by atoms with Gasteiger partial charge in [-0.05, 0) is 157 Å². The van der Waals surface area contributed by atoms with Crippen molar-refractivity contribution < 1.29 is 33.3 Å². The zero-order valence-electron chi connectivity index (χ0n) is 35.2. The molecule has 0 saturated heterocycles. The van der Waals surface area contributed by atoms with Crippen molar-refractivity contribution in [3.63, 3.8) is 0 Å². The number of methoxy groups -OCH3 is 4. The van der Waals surface area contributed by atoms with Gasteiger partial charge in [0, 0.05) is 59.2 Å². The Morgan fingerprint density at radius 2 is 0.875 bits per heavy atom. The van der Waals surface area contributed by atoms with E-state index in [2.05, 4.69) is 64.4 Å². The maximum absolute atomic E-state index is 11.9. The van der Waals surface area contributed by atoms with E-state index in [9.17, 15) is 19.6 Å². The van der Waals surface area contributed by atoms with Gasteiger partial charge in [-0.25, -0.2) is 0 Å². The summed E-state index contributed by atoms with van der Waals surface area (Å²) in [5.74, 6) is 3.05. The third-order valence-corrected chi connectivity index (χ3v) is 13.7. The Balaban J connectivity index is 1.21. The Labute approximate surface area is 379 Å². The summed E-state index contributed by atoms with van der Waals surface area (Å²) >= 11 is 2.99. The minimum absolute atomic E-state index is 0.564. The minimum Gasteiger partial charge on any atom is -0.497 e. The summed E-state index contributed by atoms with van der Waals surface area (Å²) in [6.07, 6.45) is 1.26. The molecule has 2 heterocycles. The van der Waals surface area contributed by atoms with Gasteiger partial charge in [-0.1, -0.05) is 24.3 Å². The molecule has 0 radical (unpaired) electrons. The summed E-state index contributed by atoms with van der Waals surface area (Å²) in [4.78, 5) is 27.2. The zero-order chi connectivity index (χ0) is 44.8. The highest BCUT2D eigenvalue weighted by molar-refractivity contribution is 7.57. The van der Waals surface area contributed by atoms with Crippen molar-refractivity contribution >= 4 is 70.5 Å². The highest BCUT2D eigenvalue weighted by atomic mass is 32.1. The molecule has 0 aliphatic rings. The molecular weight excluding hydrogens is 862 g/mol. The lowest BCUT2D eigenvalue weighted by atomic mass is 10.0. The van der Waals surface area contributed by atoms with E-state index < -0.39 is 12.9 Å². The number of hydrogen-bond acceptors (Lipinski definition) is 10. The van der Waals surface area contributed by atoms with Crippen LogP contribution in [0.15, 0.2) is 169 Å². The number of allylic oxidation sites excluding steroid dienone is 1. The van der Waals surface area contributed by atoms with Crippen molar-refractivity contribution in [3.8, 4) is 60.4 Å². The number of benzene rings is 6. The van der Waals surface area contributed by atoms with Crippen LogP contribution in [0.25, 0.3) is 37.4 Å². The molecular formula is C51H42N3O7PS2. The first kappa shape index (κ1) is 43.5. The Morgan fingerprint density at radius 3 is 1.22 bits per heavy atom. The van der Waals surface area contributed by atoms with Gasteiger partial charge < -0.3 is 38.5 Å². The first-order chi connectivity index (χ1) is 31.1. The highest BCUT2D eigenvalue weighted by Gasteiger charge is 2.22. The van der Waals surface area contributed by atoms with Crippen LogP contribution in [-0.4, -0.2) is 38.2 Å². The SMILES string of the molecule is COc1ccc(N(c2ccc(OC)cc2)c2ccc(-c3cc(-c4ccc(/C=C(\C#N)P(=O)(O)O)s4)sc3-c3ccc(N(c4ccc(OC)cc4)c4ccc(OC)cc4)cc3)cc2)cc1. The van der Waals surface area contributed by atoms with Gasteiger partial charge in [0.25, 0.3) is 0 Å². The third kappa shape index (κ3) is 9.45. The van der Waals surface area contributed by atoms with Crippen LogP contribution in [0.1, 0.15) is 4.88 Å². The van der Waals surface area contributed by atoms with Gasteiger partial charge in [0.05, 0.1) is 28.4 Å². The topological polar surface area (TPSA) is 125 Å². The molecule has 0 unspecified atom stereocenters. The number of hydrogen-bond donors (Lipinski definition) is 2. The number of thiophene rings is 2. The Bertz CT molecular complexity index is 2720. The van der Waals surface area contributed by atoms with Crippen molar-refractivity contribution in [1.82, 2.24) is 0 Å². The molecule has 64 heavy (non-hydrogen) atoms. The van der Waals surface area contributed by atoms with E-state index in [1.54, 1.807) is 51.9 Å². The van der Waals surface area contributed by atoms with Crippen LogP contribution in [0, 0.1) is 11.3 Å². The summed E-state index contributed by atoms with van der Waals surface area (Å²) in [6, 6.07) is 56.2. The van der Waals surface area contributed by atoms with E-state index in [1.165, 1.54) is 17.4 Å². The molecule has 0 fully saturated rings. The van der Waals surface area contributed by atoms with E-state index in [0.29, 0.717) is 4.88 Å². The second kappa shape index (κ2) is 19.1. The molecule has 0 saturated carbocycles. The molecule has 13 heteroatoms. The van der Waals surface area contributed by atoms with Crippen molar-refractivity contribution in [2.24, 2.45) is 0 Å². The molecule has 0 aliphatic heterocycles. The number of nitrogens with zero attached hydrogens (tertiary/aromatic N) is 3. The van der Waals surface area contributed by atoms with Gasteiger partial charge in [-0.2, -0.15) is 5.26 Å². The molecule has 0 aliphatic carbocycles. The fourth-order valence-corrected chi connectivity index (χ4v) is 9.94. The molecule has 6 aromatic carbocycles. The molecule has 0 spiro atoms. The lowest BCUT2D eigenvalue weighted by molar-refractivity contribution is 0.384. The van der Waals surface area contributed by atoms with Crippen molar-refractivity contribution in [1.29, 1.82) is 5.26 Å². The largest absolute Gasteiger partial charge is 0.497 e. The normalized spacial score (nSPS) is 11.4. The standard InChI is InChI=1S/C51H42N3O7PS2/c1-58-42-21-13-38(14-22-42)53(39-15-23-43(59-2)24-16-39)36-9-5-34(6-10-36)48-32-50(49-30-29-47(63-49)31-46(33-52)62(55,56)57)64-51(48)35-7-11-37(12-8-35)54(40-17-25-44(60-3)26-18-40)41-19-27-45(61-4)28-20-41/h5-32H,1-4H3,(H2,55,56,57)/b46-31+. The molecule has 0 bridgehead atoms. The first-order valence-corrected chi connectivity index (χ1v) is 23.1. The van der Waals surface area contributed by atoms with E-state index in [-0.39, 0.29) is 0 Å². The Kier molecular flexibility index (Phi) is 13.0. The third-order valence-electron chi connectivity index (χ3n) is 10.5. The van der Waals surface area contributed by atoms with Crippen LogP contribution in [0.3, 0.4) is 0 Å². The molecule has 0 amide bonds. The van der Waals surface area contributed by atoms with E-state index in [0.717, 1.165) is 88.4 Å². The van der Waals surface area contributed by atoms with Crippen molar-refractivity contribution in [3.05, 3.63) is 174 Å². The van der Waals surface area contributed by atoms with E-state index >= 15 is 0 Å². The van der Waals surface area contributed by atoms with Crippen LogP contribution >= 0.6 is 30.3 Å². The zero-order valence-corrected chi connectivity index (χ0v) is 37.7. The predicted molar refractivity (Wildman–Crippen MR) is 260 cm³/mol. The molecule has 0 atom stereocenters. The summed E-state index contributed by atoms with van der Waals surface area (Å²) < 4.78 is 33.8. The van der Waals surface area contributed by atoms with Gasteiger partial charge in [-0.15, -0.1) is 22.7 Å². The fourth-order valence-electron chi connectivity index (χ4n) is 7.19. The van der Waals surface area contributed by atoms with Gasteiger partial charge in [-0.3, -0.25) is 4.57 Å². The number of anilines is 6. The number of rotatable bonds is 15. The maximum Gasteiger partial charge on any atom is 0.366 e. The molecule has 2 N–H and O–H groups in total. The van der Waals surface area contributed by atoms with E-state index in [1.807, 2.05) is 103 Å². The molecule has 8 rings (SSSR count). The molecule has 2 aromatic heterocycles. The lowest BCUT2D eigenvalue weighted by Crippen LogP contribution is -2.09. The average molecular weight is 904 g/mol. The van der Waals surface area contributed by atoms with E-state index in [4.69, 9.17) is 18.9 Å². The minimum atomic E-state index is -4.72. The van der Waals surface area contributed by atoms with Crippen LogP contribution < -0.4 is 28.7 Å². The quantitative estimate of drug-likeness (QED) is 0.0759. The van der Waals surface area contributed by atoms with Crippen LogP contribution in [0.4, 0.5) is 34.1 Å². The van der Waals surface area contributed by atoms with Gasteiger partial charge in [0.15, 0.2) is 0 Å². The summed E-state index contributed by atoms with van der Waals surface area (Å²) in [5, 5.41) is 8.88.